The molecule has 23 heavy (non-hydrogen) atoms. The van der Waals surface area contributed by atoms with E-state index >= 15 is 0 Å². The Hall–Kier alpha value is -2.54. The maximum atomic E-state index is 11.8. The predicted molar refractivity (Wildman–Crippen MR) is 94.7 cm³/mol. The number of anilines is 1. The number of carbonyl (C=O) groups is 1. The van der Waals surface area contributed by atoms with Crippen LogP contribution in [0.15, 0.2) is 46.8 Å². The molecule has 0 aliphatic carbocycles. The van der Waals surface area contributed by atoms with Crippen LogP contribution in [0.1, 0.15) is 5.56 Å². The molecule has 2 heterocycles. The molecule has 3 rings (SSSR count). The van der Waals surface area contributed by atoms with E-state index in [0.717, 1.165) is 16.5 Å². The number of hydrogen-bond donors (Lipinski definition) is 2. The zero-order valence-corrected chi connectivity index (χ0v) is 13.4. The fraction of sp³-hybridized carbons (Fsp3) is 0.188. The van der Waals surface area contributed by atoms with E-state index < -0.39 is 0 Å². The van der Waals surface area contributed by atoms with Gasteiger partial charge in [0.05, 0.1) is 17.0 Å². The summed E-state index contributed by atoms with van der Waals surface area (Å²) in [5, 5.41) is 5.75. The summed E-state index contributed by atoms with van der Waals surface area (Å²) in [6, 6.07) is 7.24. The number of benzene rings is 1. The van der Waals surface area contributed by atoms with E-state index in [9.17, 15) is 9.59 Å². The molecule has 0 spiro atoms. The van der Waals surface area contributed by atoms with Crippen molar-refractivity contribution in [2.75, 3.05) is 17.7 Å². The summed E-state index contributed by atoms with van der Waals surface area (Å²) in [5.74, 6) is 0.367. The molecule has 118 valence electrons. The van der Waals surface area contributed by atoms with Gasteiger partial charge in [-0.2, -0.15) is 0 Å². The Bertz CT molecular complexity index is 872. The van der Waals surface area contributed by atoms with Gasteiger partial charge in [-0.1, -0.05) is 29.5 Å². The molecule has 7 heteroatoms. The van der Waals surface area contributed by atoms with E-state index in [-0.39, 0.29) is 11.5 Å². The van der Waals surface area contributed by atoms with Gasteiger partial charge in [0.25, 0.3) is 5.56 Å². The highest BCUT2D eigenvalue weighted by atomic mass is 32.2. The Morgan fingerprint density at radius 1 is 1.43 bits per heavy atom. The zero-order valence-electron chi connectivity index (χ0n) is 12.6. The largest absolute Gasteiger partial charge is 0.322 e. The quantitative estimate of drug-likeness (QED) is 0.667. The van der Waals surface area contributed by atoms with Gasteiger partial charge in [-0.3, -0.25) is 19.9 Å². The smallest absolute Gasteiger partial charge is 0.250 e. The van der Waals surface area contributed by atoms with Crippen LogP contribution in [-0.4, -0.2) is 33.3 Å². The van der Waals surface area contributed by atoms with Crippen molar-refractivity contribution in [3.8, 4) is 0 Å². The second-order valence-electron chi connectivity index (χ2n) is 5.18. The number of nitrogens with one attached hydrogen (secondary N) is 2. The van der Waals surface area contributed by atoms with Gasteiger partial charge < -0.3 is 4.98 Å². The Labute approximate surface area is 137 Å². The minimum atomic E-state index is -0.206. The molecule has 1 aliphatic rings. The Morgan fingerprint density at radius 3 is 3.04 bits per heavy atom. The average Bonchev–Trinajstić information content (AvgIpc) is 2.86. The zero-order chi connectivity index (χ0) is 16.4. The Kier molecular flexibility index (Phi) is 4.20. The van der Waals surface area contributed by atoms with Crippen molar-refractivity contribution in [1.82, 2.24) is 9.88 Å². The second kappa shape index (κ2) is 6.29. The van der Waals surface area contributed by atoms with E-state index in [2.05, 4.69) is 22.1 Å². The minimum Gasteiger partial charge on any atom is -0.322 e. The SMILES string of the molecule is C=CCN1C(=O)CS/C1=N\Nc1cc(=O)[nH]c2ccc(C)cc12. The number of carbonyl (C=O) groups excluding carboxylic acids is 1. The molecule has 1 amide bonds. The lowest BCUT2D eigenvalue weighted by atomic mass is 10.1. The molecule has 6 nitrogen and oxygen atoms in total. The topological polar surface area (TPSA) is 77.6 Å². The number of aromatic nitrogens is 1. The van der Waals surface area contributed by atoms with E-state index in [1.54, 1.807) is 11.0 Å². The summed E-state index contributed by atoms with van der Waals surface area (Å²) in [5.41, 5.74) is 5.15. The molecule has 0 bridgehead atoms. The number of amides is 1. The lowest BCUT2D eigenvalue weighted by Crippen LogP contribution is -2.30. The lowest BCUT2D eigenvalue weighted by Gasteiger charge is -2.13. The van der Waals surface area contributed by atoms with E-state index in [1.807, 2.05) is 25.1 Å². The van der Waals surface area contributed by atoms with Gasteiger partial charge in [-0.15, -0.1) is 11.7 Å². The van der Waals surface area contributed by atoms with Gasteiger partial charge >= 0.3 is 0 Å². The molecule has 0 atom stereocenters. The molecular weight excluding hydrogens is 312 g/mol. The highest BCUT2D eigenvalue weighted by Crippen LogP contribution is 2.23. The third kappa shape index (κ3) is 3.14. The summed E-state index contributed by atoms with van der Waals surface area (Å²) in [4.78, 5) is 27.9. The van der Waals surface area contributed by atoms with E-state index in [4.69, 9.17) is 0 Å². The van der Waals surface area contributed by atoms with Gasteiger partial charge in [0.2, 0.25) is 5.91 Å². The predicted octanol–water partition coefficient (Wildman–Crippen LogP) is 2.28. The third-order valence-corrected chi connectivity index (χ3v) is 4.40. The molecule has 0 saturated carbocycles. The third-order valence-electron chi connectivity index (χ3n) is 3.44. The monoisotopic (exact) mass is 328 g/mol. The highest BCUT2D eigenvalue weighted by molar-refractivity contribution is 8.15. The fourth-order valence-corrected chi connectivity index (χ4v) is 3.21. The number of amidine groups is 1. The van der Waals surface area contributed by atoms with Crippen LogP contribution in [0, 0.1) is 6.92 Å². The van der Waals surface area contributed by atoms with Crippen molar-refractivity contribution >= 4 is 39.4 Å². The standard InChI is InChI=1S/C16H16N4O2S/c1-3-6-20-15(22)9-23-16(20)19-18-13-8-14(21)17-12-5-4-10(2)7-11(12)13/h3-5,7-8H,1,6,9H2,2H3,(H2,17,18,21)/b19-16-. The number of aryl methyl sites for hydroxylation is 1. The second-order valence-corrected chi connectivity index (χ2v) is 6.13. The van der Waals surface area contributed by atoms with Crippen molar-refractivity contribution in [3.63, 3.8) is 0 Å². The average molecular weight is 328 g/mol. The molecule has 1 fully saturated rings. The van der Waals surface area contributed by atoms with Crippen molar-refractivity contribution in [3.05, 3.63) is 52.8 Å². The fourth-order valence-electron chi connectivity index (χ4n) is 2.36. The molecule has 0 radical (unpaired) electrons. The van der Waals surface area contributed by atoms with Crippen molar-refractivity contribution in [2.45, 2.75) is 6.92 Å². The van der Waals surface area contributed by atoms with Gasteiger partial charge in [-0.25, -0.2) is 0 Å². The van der Waals surface area contributed by atoms with Crippen LogP contribution in [0.25, 0.3) is 10.9 Å². The number of hydrogen-bond acceptors (Lipinski definition) is 5. The summed E-state index contributed by atoms with van der Waals surface area (Å²) in [7, 11) is 0. The normalized spacial score (nSPS) is 16.3. The molecule has 1 saturated heterocycles. The van der Waals surface area contributed by atoms with E-state index in [0.29, 0.717) is 23.2 Å². The van der Waals surface area contributed by atoms with Crippen molar-refractivity contribution < 1.29 is 4.79 Å². The number of rotatable bonds is 4. The van der Waals surface area contributed by atoms with Crippen LogP contribution in [0.4, 0.5) is 5.69 Å². The molecule has 1 aliphatic heterocycles. The number of pyridine rings is 1. The number of hydrazone groups is 1. The number of H-pyrrole nitrogens is 1. The van der Waals surface area contributed by atoms with Crippen LogP contribution in [0.2, 0.25) is 0 Å². The minimum absolute atomic E-state index is 0.00191. The summed E-state index contributed by atoms with van der Waals surface area (Å²) >= 11 is 1.36. The maximum Gasteiger partial charge on any atom is 0.250 e. The number of nitrogens with zero attached hydrogens (tertiary/aromatic N) is 2. The van der Waals surface area contributed by atoms with Crippen LogP contribution < -0.4 is 11.0 Å². The highest BCUT2D eigenvalue weighted by Gasteiger charge is 2.27. The first-order valence-electron chi connectivity index (χ1n) is 7.10. The van der Waals surface area contributed by atoms with Gasteiger partial charge in [0.15, 0.2) is 5.17 Å². The van der Waals surface area contributed by atoms with Crippen molar-refractivity contribution in [1.29, 1.82) is 0 Å². The molecule has 2 aromatic rings. The first kappa shape index (κ1) is 15.4. The van der Waals surface area contributed by atoms with Crippen LogP contribution in [-0.2, 0) is 4.79 Å². The molecule has 1 aromatic heterocycles. The lowest BCUT2D eigenvalue weighted by molar-refractivity contribution is -0.123. The Balaban J connectivity index is 1.97. The van der Waals surface area contributed by atoms with Gasteiger partial charge in [-0.05, 0) is 19.1 Å². The molecule has 2 N–H and O–H groups in total. The molecule has 0 unspecified atom stereocenters. The maximum absolute atomic E-state index is 11.8. The Morgan fingerprint density at radius 2 is 2.26 bits per heavy atom. The van der Waals surface area contributed by atoms with Crippen LogP contribution in [0.3, 0.4) is 0 Å². The van der Waals surface area contributed by atoms with E-state index in [1.165, 1.54) is 17.8 Å². The number of aromatic amines is 1. The number of thioether (sulfide) groups is 1. The number of fused-ring (bicyclic) bond motifs is 1. The van der Waals surface area contributed by atoms with Gasteiger partial charge in [0.1, 0.15) is 0 Å². The van der Waals surface area contributed by atoms with Gasteiger partial charge in [0, 0.05) is 18.0 Å². The van der Waals surface area contributed by atoms with Crippen LogP contribution in [0.5, 0.6) is 0 Å². The molecule has 1 aromatic carbocycles. The summed E-state index contributed by atoms with van der Waals surface area (Å²) in [6.07, 6.45) is 1.66. The summed E-state index contributed by atoms with van der Waals surface area (Å²) in [6.45, 7) is 6.05. The summed E-state index contributed by atoms with van der Waals surface area (Å²) < 4.78 is 0. The first-order chi connectivity index (χ1) is 11.1. The van der Waals surface area contributed by atoms with Crippen LogP contribution >= 0.6 is 11.8 Å². The van der Waals surface area contributed by atoms with Crippen molar-refractivity contribution in [2.24, 2.45) is 5.10 Å². The first-order valence-corrected chi connectivity index (χ1v) is 8.08. The molecular formula is C16H16N4O2S.